The number of carbonyl (C=O) groups excluding carboxylic acids is 1. The van der Waals surface area contributed by atoms with E-state index >= 15 is 0 Å². The molecule has 1 aromatic carbocycles. The Labute approximate surface area is 113 Å². The number of carbonyl (C=O) groups is 2. The van der Waals surface area contributed by atoms with Gasteiger partial charge in [0, 0.05) is 0 Å². The Morgan fingerprint density at radius 3 is 2.11 bits per heavy atom. The van der Waals surface area contributed by atoms with Gasteiger partial charge in [0.1, 0.15) is 11.2 Å². The van der Waals surface area contributed by atoms with Crippen molar-refractivity contribution in [1.29, 1.82) is 0 Å². The van der Waals surface area contributed by atoms with Gasteiger partial charge >= 0.3 is 5.97 Å². The molecule has 0 aliphatic heterocycles. The molecular weight excluding hydrogens is 284 g/mol. The van der Waals surface area contributed by atoms with Crippen molar-refractivity contribution in [3.63, 3.8) is 0 Å². The molecule has 0 heterocycles. The molecule has 0 unspecified atom stereocenters. The topological polar surface area (TPSA) is 66.4 Å². The molecule has 1 aromatic rings. The molecule has 0 bridgehead atoms. The number of amides is 1. The molecule has 0 saturated heterocycles. The summed E-state index contributed by atoms with van der Waals surface area (Å²) in [5.74, 6) is -2.75. The van der Waals surface area contributed by atoms with Crippen LogP contribution in [0.5, 0.6) is 0 Å². The van der Waals surface area contributed by atoms with E-state index in [0.717, 1.165) is 12.1 Å². The Hall–Kier alpha value is -1.33. The summed E-state index contributed by atoms with van der Waals surface area (Å²) in [5.41, 5.74) is -1.67. The maximum Gasteiger partial charge on any atom is 0.318 e. The molecule has 0 saturated carbocycles. The first-order chi connectivity index (χ1) is 8.16. The molecule has 1 amide bonds. The second kappa shape index (κ2) is 5.12. The van der Waals surface area contributed by atoms with Crippen molar-refractivity contribution in [2.24, 2.45) is 5.41 Å². The molecule has 7 heteroatoms. The van der Waals surface area contributed by atoms with Crippen LogP contribution in [0.25, 0.3) is 0 Å². The van der Waals surface area contributed by atoms with E-state index in [-0.39, 0.29) is 15.7 Å². The van der Waals surface area contributed by atoms with Crippen molar-refractivity contribution < 1.29 is 19.1 Å². The van der Waals surface area contributed by atoms with Gasteiger partial charge in [-0.3, -0.25) is 9.59 Å². The quantitative estimate of drug-likeness (QED) is 0.841. The highest BCUT2D eigenvalue weighted by molar-refractivity contribution is 6.40. The van der Waals surface area contributed by atoms with Crippen molar-refractivity contribution in [3.05, 3.63) is 28.0 Å². The number of carboxylic acid groups (broad SMARTS) is 1. The van der Waals surface area contributed by atoms with Crippen molar-refractivity contribution in [2.45, 2.75) is 13.8 Å². The summed E-state index contributed by atoms with van der Waals surface area (Å²) >= 11 is 11.4. The Kier molecular flexibility index (Phi) is 4.19. The Bertz CT molecular complexity index is 494. The summed E-state index contributed by atoms with van der Waals surface area (Å²) in [6, 6.07) is 1.94. The molecular formula is C11H10Cl2FNO3. The van der Waals surface area contributed by atoms with Gasteiger partial charge in [0.2, 0.25) is 5.91 Å². The maximum absolute atomic E-state index is 12.9. The molecule has 0 aliphatic carbocycles. The second-order valence-electron chi connectivity index (χ2n) is 4.13. The lowest BCUT2D eigenvalue weighted by Gasteiger charge is -2.19. The average Bonchev–Trinajstić information content (AvgIpc) is 2.22. The Morgan fingerprint density at radius 2 is 1.72 bits per heavy atom. The fourth-order valence-corrected chi connectivity index (χ4v) is 1.58. The SMILES string of the molecule is CC(C)(C(=O)O)C(=O)Nc1c(Cl)cc(F)cc1Cl. The number of benzene rings is 1. The average molecular weight is 294 g/mol. The number of halogens is 3. The molecule has 4 nitrogen and oxygen atoms in total. The van der Waals surface area contributed by atoms with E-state index in [1.165, 1.54) is 13.8 Å². The summed E-state index contributed by atoms with van der Waals surface area (Å²) in [6.07, 6.45) is 0. The number of anilines is 1. The van der Waals surface area contributed by atoms with Gasteiger partial charge in [-0.2, -0.15) is 0 Å². The van der Waals surface area contributed by atoms with Gasteiger partial charge in [-0.1, -0.05) is 23.2 Å². The predicted molar refractivity (Wildman–Crippen MR) is 66.5 cm³/mol. The summed E-state index contributed by atoms with van der Waals surface area (Å²) in [6.45, 7) is 2.46. The van der Waals surface area contributed by atoms with Crippen molar-refractivity contribution in [2.75, 3.05) is 5.32 Å². The summed E-state index contributed by atoms with van der Waals surface area (Å²) in [7, 11) is 0. The third-order valence-corrected chi connectivity index (χ3v) is 2.94. The van der Waals surface area contributed by atoms with Crippen LogP contribution < -0.4 is 5.32 Å². The molecule has 0 spiro atoms. The number of hydrogen-bond donors (Lipinski definition) is 2. The third-order valence-electron chi connectivity index (χ3n) is 2.35. The zero-order chi connectivity index (χ0) is 14.1. The first-order valence-corrected chi connectivity index (χ1v) is 5.61. The smallest absolute Gasteiger partial charge is 0.318 e. The van der Waals surface area contributed by atoms with E-state index in [4.69, 9.17) is 28.3 Å². The highest BCUT2D eigenvalue weighted by atomic mass is 35.5. The van der Waals surface area contributed by atoms with Crippen LogP contribution in [0.15, 0.2) is 12.1 Å². The molecule has 0 aliphatic rings. The summed E-state index contributed by atoms with van der Waals surface area (Å²) in [5, 5.41) is 11.0. The molecule has 1 rings (SSSR count). The van der Waals surface area contributed by atoms with Crippen LogP contribution in [-0.2, 0) is 9.59 Å². The maximum atomic E-state index is 12.9. The lowest BCUT2D eigenvalue weighted by atomic mass is 9.92. The normalized spacial score (nSPS) is 11.2. The Balaban J connectivity index is 3.07. The number of carboxylic acids is 1. The van der Waals surface area contributed by atoms with E-state index in [1.807, 2.05) is 0 Å². The zero-order valence-corrected chi connectivity index (χ0v) is 11.1. The van der Waals surface area contributed by atoms with Crippen LogP contribution >= 0.6 is 23.2 Å². The largest absolute Gasteiger partial charge is 0.480 e. The number of aliphatic carboxylic acids is 1. The first kappa shape index (κ1) is 14.7. The van der Waals surface area contributed by atoms with Crippen molar-refractivity contribution in [1.82, 2.24) is 0 Å². The lowest BCUT2D eigenvalue weighted by Crippen LogP contribution is -2.38. The van der Waals surface area contributed by atoms with Gasteiger partial charge in [0.25, 0.3) is 0 Å². The minimum Gasteiger partial charge on any atom is -0.480 e. The molecule has 0 radical (unpaired) electrons. The summed E-state index contributed by atoms with van der Waals surface area (Å²) < 4.78 is 12.9. The van der Waals surface area contributed by atoms with Gasteiger partial charge in [-0.15, -0.1) is 0 Å². The van der Waals surface area contributed by atoms with Crippen LogP contribution in [0.2, 0.25) is 10.0 Å². The molecule has 0 atom stereocenters. The van der Waals surface area contributed by atoms with Crippen molar-refractivity contribution in [3.8, 4) is 0 Å². The van der Waals surface area contributed by atoms with Crippen LogP contribution in [0, 0.1) is 11.2 Å². The van der Waals surface area contributed by atoms with Crippen LogP contribution in [-0.4, -0.2) is 17.0 Å². The number of hydrogen-bond acceptors (Lipinski definition) is 2. The molecule has 98 valence electrons. The monoisotopic (exact) mass is 293 g/mol. The third kappa shape index (κ3) is 2.91. The van der Waals surface area contributed by atoms with Crippen LogP contribution in [0.4, 0.5) is 10.1 Å². The highest BCUT2D eigenvalue weighted by Crippen LogP contribution is 2.32. The fourth-order valence-electron chi connectivity index (χ4n) is 1.03. The number of nitrogens with one attached hydrogen (secondary N) is 1. The highest BCUT2D eigenvalue weighted by Gasteiger charge is 2.36. The fraction of sp³-hybridized carbons (Fsp3) is 0.273. The van der Waals surface area contributed by atoms with Crippen molar-refractivity contribution >= 4 is 40.8 Å². The standard InChI is InChI=1S/C11H10Cl2FNO3/c1-11(2,10(17)18)9(16)15-8-6(12)3-5(14)4-7(8)13/h3-4H,1-2H3,(H,15,16)(H,17,18). The van der Waals surface area contributed by atoms with Gasteiger partial charge in [-0.05, 0) is 26.0 Å². The summed E-state index contributed by atoms with van der Waals surface area (Å²) in [4.78, 5) is 22.7. The van der Waals surface area contributed by atoms with Crippen LogP contribution in [0.3, 0.4) is 0 Å². The Morgan fingerprint density at radius 1 is 1.28 bits per heavy atom. The van der Waals surface area contributed by atoms with Crippen LogP contribution in [0.1, 0.15) is 13.8 Å². The molecule has 0 fully saturated rings. The first-order valence-electron chi connectivity index (χ1n) is 4.85. The van der Waals surface area contributed by atoms with Gasteiger partial charge in [-0.25, -0.2) is 4.39 Å². The number of rotatable bonds is 3. The van der Waals surface area contributed by atoms with E-state index in [0.29, 0.717) is 0 Å². The molecule has 18 heavy (non-hydrogen) atoms. The van der Waals surface area contributed by atoms with Gasteiger partial charge in [0.15, 0.2) is 0 Å². The second-order valence-corrected chi connectivity index (χ2v) is 4.94. The predicted octanol–water partition coefficient (Wildman–Crippen LogP) is 3.18. The lowest BCUT2D eigenvalue weighted by molar-refractivity contribution is -0.151. The van der Waals surface area contributed by atoms with E-state index in [1.54, 1.807) is 0 Å². The minimum absolute atomic E-state index is 0.0148. The molecule has 2 N–H and O–H groups in total. The minimum atomic E-state index is -1.65. The van der Waals surface area contributed by atoms with E-state index in [2.05, 4.69) is 5.32 Å². The van der Waals surface area contributed by atoms with Gasteiger partial charge < -0.3 is 10.4 Å². The van der Waals surface area contributed by atoms with E-state index < -0.39 is 23.1 Å². The molecule has 0 aromatic heterocycles. The van der Waals surface area contributed by atoms with Gasteiger partial charge in [0.05, 0.1) is 15.7 Å². The zero-order valence-electron chi connectivity index (χ0n) is 9.55. The van der Waals surface area contributed by atoms with E-state index in [9.17, 15) is 14.0 Å².